The molecule has 0 radical (unpaired) electrons. The summed E-state index contributed by atoms with van der Waals surface area (Å²) in [4.78, 5) is 30.6. The molecular weight excluding hydrogens is 376 g/mol. The Kier molecular flexibility index (Phi) is 5.16. The molecule has 6 nitrogen and oxygen atoms in total. The van der Waals surface area contributed by atoms with Crippen molar-refractivity contribution in [1.29, 1.82) is 0 Å². The van der Waals surface area contributed by atoms with E-state index in [4.69, 9.17) is 0 Å². The molecule has 0 atom stereocenters. The lowest BCUT2D eigenvalue weighted by Gasteiger charge is -2.21. The van der Waals surface area contributed by atoms with Gasteiger partial charge in [-0.2, -0.15) is 0 Å². The summed E-state index contributed by atoms with van der Waals surface area (Å²) in [6, 6.07) is 17.7. The summed E-state index contributed by atoms with van der Waals surface area (Å²) in [5, 5.41) is 3.86. The minimum atomic E-state index is -0.343. The second-order valence-electron chi connectivity index (χ2n) is 8.58. The molecule has 2 heterocycles. The van der Waals surface area contributed by atoms with E-state index in [0.717, 1.165) is 22.9 Å². The van der Waals surface area contributed by atoms with Gasteiger partial charge in [-0.05, 0) is 38.8 Å². The first kappa shape index (κ1) is 19.9. The number of nitrogens with zero attached hydrogens (tertiary/aromatic N) is 3. The molecule has 6 heteroatoms. The minimum Gasteiger partial charge on any atom is -0.350 e. The lowest BCUT2D eigenvalue weighted by molar-refractivity contribution is -0.122. The van der Waals surface area contributed by atoms with Gasteiger partial charge in [-0.25, -0.2) is 4.98 Å². The SMILES string of the molecule is CC(C)(C)NC(=O)Cn1c2ccccc2c2ncn(CCc3ccccc3)c(=O)c21. The molecule has 0 fully saturated rings. The van der Waals surface area contributed by atoms with E-state index in [1.54, 1.807) is 15.5 Å². The standard InChI is InChI=1S/C24H26N4O2/c1-24(2,3)26-20(29)15-28-19-12-8-7-11-18(19)21-22(28)23(30)27(16-25-21)14-13-17-9-5-4-6-10-17/h4-12,16H,13-15H2,1-3H3,(H,26,29). The number of hydrogen-bond acceptors (Lipinski definition) is 3. The van der Waals surface area contributed by atoms with Crippen LogP contribution < -0.4 is 10.9 Å². The molecular formula is C24H26N4O2. The van der Waals surface area contributed by atoms with E-state index in [0.29, 0.717) is 17.6 Å². The van der Waals surface area contributed by atoms with Crippen LogP contribution in [0.25, 0.3) is 21.9 Å². The number of fused-ring (bicyclic) bond motifs is 3. The topological polar surface area (TPSA) is 68.9 Å². The van der Waals surface area contributed by atoms with Gasteiger partial charge in [-0.15, -0.1) is 0 Å². The third kappa shape index (κ3) is 3.99. The summed E-state index contributed by atoms with van der Waals surface area (Å²) >= 11 is 0. The summed E-state index contributed by atoms with van der Waals surface area (Å²) in [7, 11) is 0. The van der Waals surface area contributed by atoms with Crippen molar-refractivity contribution in [3.63, 3.8) is 0 Å². The van der Waals surface area contributed by atoms with Crippen molar-refractivity contribution >= 4 is 27.8 Å². The van der Waals surface area contributed by atoms with Gasteiger partial charge < -0.3 is 9.88 Å². The molecule has 30 heavy (non-hydrogen) atoms. The first-order valence-corrected chi connectivity index (χ1v) is 10.1. The van der Waals surface area contributed by atoms with Crippen molar-refractivity contribution in [2.75, 3.05) is 0 Å². The van der Waals surface area contributed by atoms with Crippen LogP contribution in [0.5, 0.6) is 0 Å². The molecule has 0 bridgehead atoms. The second-order valence-corrected chi connectivity index (χ2v) is 8.58. The van der Waals surface area contributed by atoms with Gasteiger partial charge in [-0.1, -0.05) is 48.5 Å². The van der Waals surface area contributed by atoms with Gasteiger partial charge in [-0.3, -0.25) is 14.2 Å². The van der Waals surface area contributed by atoms with Crippen molar-refractivity contribution in [3.8, 4) is 0 Å². The molecule has 4 rings (SSSR count). The first-order chi connectivity index (χ1) is 14.3. The van der Waals surface area contributed by atoms with Crippen LogP contribution in [0, 0.1) is 0 Å². The summed E-state index contributed by atoms with van der Waals surface area (Å²) in [5.74, 6) is -0.135. The van der Waals surface area contributed by atoms with Crippen molar-refractivity contribution in [1.82, 2.24) is 19.4 Å². The predicted octanol–water partition coefficient (Wildman–Crippen LogP) is 3.51. The number of nitrogens with one attached hydrogen (secondary N) is 1. The summed E-state index contributed by atoms with van der Waals surface area (Å²) < 4.78 is 3.42. The summed E-state index contributed by atoms with van der Waals surface area (Å²) in [6.07, 6.45) is 2.35. The third-order valence-corrected chi connectivity index (χ3v) is 5.03. The molecule has 0 aliphatic rings. The third-order valence-electron chi connectivity index (χ3n) is 5.03. The maximum absolute atomic E-state index is 13.4. The van der Waals surface area contributed by atoms with Crippen molar-refractivity contribution in [2.45, 2.75) is 45.8 Å². The zero-order chi connectivity index (χ0) is 21.3. The largest absolute Gasteiger partial charge is 0.350 e. The van der Waals surface area contributed by atoms with Gasteiger partial charge in [0.15, 0.2) is 0 Å². The number of aromatic nitrogens is 3. The van der Waals surface area contributed by atoms with E-state index in [1.807, 2.05) is 75.4 Å². The van der Waals surface area contributed by atoms with E-state index in [1.165, 1.54) is 0 Å². The van der Waals surface area contributed by atoms with Crippen LogP contribution in [-0.2, 0) is 24.3 Å². The quantitative estimate of drug-likeness (QED) is 0.555. The Hall–Kier alpha value is -3.41. The van der Waals surface area contributed by atoms with E-state index in [-0.39, 0.29) is 23.6 Å². The first-order valence-electron chi connectivity index (χ1n) is 10.1. The molecule has 1 N–H and O–H groups in total. The van der Waals surface area contributed by atoms with Crippen molar-refractivity contribution in [2.24, 2.45) is 0 Å². The number of para-hydroxylation sites is 1. The molecule has 2 aromatic carbocycles. The monoisotopic (exact) mass is 402 g/mol. The Morgan fingerprint density at radius 1 is 1.03 bits per heavy atom. The molecule has 0 spiro atoms. The van der Waals surface area contributed by atoms with E-state index in [9.17, 15) is 9.59 Å². The normalized spacial score (nSPS) is 11.8. The van der Waals surface area contributed by atoms with Crippen LogP contribution in [0.3, 0.4) is 0 Å². The minimum absolute atomic E-state index is 0.0703. The average molecular weight is 402 g/mol. The van der Waals surface area contributed by atoms with Gasteiger partial charge in [0.2, 0.25) is 5.91 Å². The highest BCUT2D eigenvalue weighted by Gasteiger charge is 2.20. The van der Waals surface area contributed by atoms with Gasteiger partial charge in [0.1, 0.15) is 17.6 Å². The maximum atomic E-state index is 13.4. The van der Waals surface area contributed by atoms with E-state index >= 15 is 0 Å². The molecule has 0 aliphatic carbocycles. The van der Waals surface area contributed by atoms with Crippen LogP contribution in [0.2, 0.25) is 0 Å². The Labute approximate surface area is 175 Å². The Morgan fingerprint density at radius 3 is 2.47 bits per heavy atom. The fraction of sp³-hybridized carbons (Fsp3) is 0.292. The molecule has 1 amide bonds. The van der Waals surface area contributed by atoms with E-state index < -0.39 is 0 Å². The molecule has 2 aromatic heterocycles. The predicted molar refractivity (Wildman–Crippen MR) is 120 cm³/mol. The molecule has 0 saturated carbocycles. The molecule has 4 aromatic rings. The van der Waals surface area contributed by atoms with Crippen LogP contribution >= 0.6 is 0 Å². The fourth-order valence-electron chi connectivity index (χ4n) is 3.77. The van der Waals surface area contributed by atoms with Gasteiger partial charge in [0, 0.05) is 17.5 Å². The van der Waals surface area contributed by atoms with Crippen molar-refractivity contribution < 1.29 is 4.79 Å². The van der Waals surface area contributed by atoms with Gasteiger partial charge >= 0.3 is 0 Å². The number of carbonyl (C=O) groups is 1. The molecule has 0 unspecified atom stereocenters. The lowest BCUT2D eigenvalue weighted by atomic mass is 10.1. The van der Waals surface area contributed by atoms with Crippen LogP contribution in [-0.4, -0.2) is 25.6 Å². The average Bonchev–Trinajstić information content (AvgIpc) is 3.01. The van der Waals surface area contributed by atoms with Crippen LogP contribution in [0.15, 0.2) is 65.7 Å². The Bertz CT molecular complexity index is 1260. The number of benzene rings is 2. The molecule has 0 saturated heterocycles. The molecule has 154 valence electrons. The van der Waals surface area contributed by atoms with Crippen LogP contribution in [0.4, 0.5) is 0 Å². The number of amides is 1. The van der Waals surface area contributed by atoms with Gasteiger partial charge in [0.05, 0.1) is 11.8 Å². The van der Waals surface area contributed by atoms with Crippen molar-refractivity contribution in [3.05, 3.63) is 76.8 Å². The highest BCUT2D eigenvalue weighted by molar-refractivity contribution is 6.06. The number of aryl methyl sites for hydroxylation is 2. The summed E-state index contributed by atoms with van der Waals surface area (Å²) in [5.41, 5.74) is 2.63. The number of carbonyl (C=O) groups excluding carboxylic acids is 1. The Morgan fingerprint density at radius 2 is 1.73 bits per heavy atom. The zero-order valence-corrected chi connectivity index (χ0v) is 17.6. The molecule has 0 aliphatic heterocycles. The Balaban J connectivity index is 1.78. The highest BCUT2D eigenvalue weighted by Crippen LogP contribution is 2.25. The maximum Gasteiger partial charge on any atom is 0.277 e. The second kappa shape index (κ2) is 7.78. The van der Waals surface area contributed by atoms with Gasteiger partial charge in [0.25, 0.3) is 5.56 Å². The number of hydrogen-bond donors (Lipinski definition) is 1. The summed E-state index contributed by atoms with van der Waals surface area (Å²) in [6.45, 7) is 6.42. The number of rotatable bonds is 5. The van der Waals surface area contributed by atoms with Crippen LogP contribution in [0.1, 0.15) is 26.3 Å². The zero-order valence-electron chi connectivity index (χ0n) is 17.6. The fourth-order valence-corrected chi connectivity index (χ4v) is 3.77. The lowest BCUT2D eigenvalue weighted by Crippen LogP contribution is -2.42. The highest BCUT2D eigenvalue weighted by atomic mass is 16.2. The van der Waals surface area contributed by atoms with E-state index in [2.05, 4.69) is 10.3 Å². The smallest absolute Gasteiger partial charge is 0.277 e.